The van der Waals surface area contributed by atoms with E-state index < -0.39 is 0 Å². The topological polar surface area (TPSA) is 60.0 Å². The number of anilines is 2. The van der Waals surface area contributed by atoms with Crippen molar-refractivity contribution in [2.24, 2.45) is 0 Å². The van der Waals surface area contributed by atoms with Gasteiger partial charge in [-0.25, -0.2) is 0 Å². The van der Waals surface area contributed by atoms with E-state index >= 15 is 0 Å². The molecule has 5 heteroatoms. The Labute approximate surface area is 162 Å². The lowest BCUT2D eigenvalue weighted by molar-refractivity contribution is -0.113. The van der Waals surface area contributed by atoms with Gasteiger partial charge in [-0.1, -0.05) is 30.3 Å². The maximum Gasteiger partial charge on any atom is 0.234 e. The van der Waals surface area contributed by atoms with Gasteiger partial charge in [-0.3, -0.25) is 4.79 Å². The molecule has 0 saturated carbocycles. The third-order valence-electron chi connectivity index (χ3n) is 4.65. The maximum absolute atomic E-state index is 12.4. The predicted molar refractivity (Wildman–Crippen MR) is 115 cm³/mol. The number of nitrogens with one attached hydrogen (secondary N) is 1. The van der Waals surface area contributed by atoms with Crippen LogP contribution in [0.4, 0.5) is 11.4 Å². The first-order valence-corrected chi connectivity index (χ1v) is 9.94. The van der Waals surface area contributed by atoms with Gasteiger partial charge in [0.15, 0.2) is 0 Å². The maximum atomic E-state index is 12.4. The molecule has 0 bridgehead atoms. The fourth-order valence-electron chi connectivity index (χ4n) is 3.42. The molecule has 1 heterocycles. The summed E-state index contributed by atoms with van der Waals surface area (Å²) in [6.07, 6.45) is 0. The van der Waals surface area contributed by atoms with Crippen molar-refractivity contribution in [1.29, 1.82) is 0 Å². The van der Waals surface area contributed by atoms with Gasteiger partial charge in [-0.15, -0.1) is 11.8 Å². The molecule has 0 aliphatic rings. The zero-order valence-corrected chi connectivity index (χ0v) is 15.9. The number of nitrogen functional groups attached to an aromatic ring is 1. The fraction of sp³-hybridized carbons (Fsp3) is 0.136. The summed E-state index contributed by atoms with van der Waals surface area (Å²) in [5.41, 5.74) is 9.85. The van der Waals surface area contributed by atoms with Crippen LogP contribution in [0.15, 0.2) is 71.6 Å². The van der Waals surface area contributed by atoms with Crippen molar-refractivity contribution in [2.75, 3.05) is 16.8 Å². The van der Waals surface area contributed by atoms with Gasteiger partial charge in [0.1, 0.15) is 0 Å². The third kappa shape index (κ3) is 3.38. The highest BCUT2D eigenvalue weighted by atomic mass is 32.2. The minimum atomic E-state index is -0.0400. The van der Waals surface area contributed by atoms with Crippen LogP contribution in [0.2, 0.25) is 0 Å². The molecular weight excluding hydrogens is 354 g/mol. The number of aryl methyl sites for hydroxylation is 1. The number of para-hydroxylation sites is 2. The van der Waals surface area contributed by atoms with Gasteiger partial charge >= 0.3 is 0 Å². The lowest BCUT2D eigenvalue weighted by atomic mass is 10.1. The zero-order chi connectivity index (χ0) is 18.8. The molecule has 4 nitrogen and oxygen atoms in total. The Kier molecular flexibility index (Phi) is 4.77. The molecule has 0 saturated heterocycles. The number of fused-ring (bicyclic) bond motifs is 3. The van der Waals surface area contributed by atoms with Crippen LogP contribution in [-0.2, 0) is 11.3 Å². The van der Waals surface area contributed by atoms with Crippen LogP contribution in [0.25, 0.3) is 21.8 Å². The van der Waals surface area contributed by atoms with E-state index in [0.29, 0.717) is 11.4 Å². The number of benzene rings is 3. The average molecular weight is 375 g/mol. The molecule has 3 N–H and O–H groups in total. The highest BCUT2D eigenvalue weighted by Crippen LogP contribution is 2.31. The van der Waals surface area contributed by atoms with E-state index in [9.17, 15) is 4.79 Å². The van der Waals surface area contributed by atoms with Gasteiger partial charge in [0, 0.05) is 44.6 Å². The number of hydrogen-bond donors (Lipinski definition) is 2. The van der Waals surface area contributed by atoms with Gasteiger partial charge in [-0.05, 0) is 43.3 Å². The zero-order valence-electron chi connectivity index (χ0n) is 15.1. The number of amides is 1. The largest absolute Gasteiger partial charge is 0.398 e. The van der Waals surface area contributed by atoms with Crippen molar-refractivity contribution in [3.05, 3.63) is 66.7 Å². The number of nitrogens with zero attached hydrogens (tertiary/aromatic N) is 1. The second-order valence-electron chi connectivity index (χ2n) is 6.37. The van der Waals surface area contributed by atoms with Gasteiger partial charge in [0.2, 0.25) is 5.91 Å². The molecule has 1 amide bonds. The first-order chi connectivity index (χ1) is 13.2. The van der Waals surface area contributed by atoms with Crippen molar-refractivity contribution in [2.45, 2.75) is 18.4 Å². The Balaban J connectivity index is 1.56. The Morgan fingerprint density at radius 3 is 2.56 bits per heavy atom. The second kappa shape index (κ2) is 7.37. The lowest BCUT2D eigenvalue weighted by Gasteiger charge is -2.08. The minimum absolute atomic E-state index is 0.0400. The molecular formula is C22H21N3OS. The van der Waals surface area contributed by atoms with E-state index in [0.717, 1.165) is 22.5 Å². The standard InChI is InChI=1S/C22H21N3OS/c1-2-25-19-9-5-3-7-16(19)17-13-15(11-12-20(17)25)24-22(26)14-27-21-10-6-4-8-18(21)23/h3-13H,2,14,23H2,1H3,(H,24,26). The number of aromatic nitrogens is 1. The quantitative estimate of drug-likeness (QED) is 0.376. The van der Waals surface area contributed by atoms with Crippen LogP contribution in [0.1, 0.15) is 6.92 Å². The summed E-state index contributed by atoms with van der Waals surface area (Å²) in [5.74, 6) is 0.282. The molecule has 0 unspecified atom stereocenters. The highest BCUT2D eigenvalue weighted by Gasteiger charge is 2.11. The number of rotatable bonds is 5. The Hall–Kier alpha value is -2.92. The summed E-state index contributed by atoms with van der Waals surface area (Å²) in [6.45, 7) is 3.05. The Morgan fingerprint density at radius 1 is 1.00 bits per heavy atom. The summed E-state index contributed by atoms with van der Waals surface area (Å²) in [4.78, 5) is 13.3. The summed E-state index contributed by atoms with van der Waals surface area (Å²) in [7, 11) is 0. The van der Waals surface area contributed by atoms with Gasteiger partial charge in [-0.2, -0.15) is 0 Å². The van der Waals surface area contributed by atoms with Crippen molar-refractivity contribution in [3.8, 4) is 0 Å². The third-order valence-corrected chi connectivity index (χ3v) is 5.74. The number of thioether (sulfide) groups is 1. The summed E-state index contributed by atoms with van der Waals surface area (Å²) >= 11 is 1.45. The summed E-state index contributed by atoms with van der Waals surface area (Å²) < 4.78 is 2.30. The number of hydrogen-bond acceptors (Lipinski definition) is 3. The van der Waals surface area contributed by atoms with Gasteiger partial charge < -0.3 is 15.6 Å². The van der Waals surface area contributed by atoms with Crippen LogP contribution in [0.5, 0.6) is 0 Å². The molecule has 0 aliphatic carbocycles. The smallest absolute Gasteiger partial charge is 0.234 e. The van der Waals surface area contributed by atoms with Crippen molar-refractivity contribution >= 4 is 50.8 Å². The van der Waals surface area contributed by atoms with Crippen LogP contribution in [-0.4, -0.2) is 16.2 Å². The molecule has 1 aromatic heterocycles. The first kappa shape index (κ1) is 17.5. The molecule has 3 aromatic carbocycles. The van der Waals surface area contributed by atoms with E-state index in [-0.39, 0.29) is 5.91 Å². The monoisotopic (exact) mass is 375 g/mol. The van der Waals surface area contributed by atoms with Crippen molar-refractivity contribution in [1.82, 2.24) is 4.57 Å². The van der Waals surface area contributed by atoms with Crippen LogP contribution in [0.3, 0.4) is 0 Å². The molecule has 0 radical (unpaired) electrons. The second-order valence-corrected chi connectivity index (χ2v) is 7.39. The Morgan fingerprint density at radius 2 is 1.74 bits per heavy atom. The Bertz CT molecular complexity index is 1130. The lowest BCUT2D eigenvalue weighted by Crippen LogP contribution is -2.14. The van der Waals surface area contributed by atoms with Crippen LogP contribution >= 0.6 is 11.8 Å². The minimum Gasteiger partial charge on any atom is -0.398 e. The molecule has 0 atom stereocenters. The van der Waals surface area contributed by atoms with E-state index in [2.05, 4.69) is 47.1 Å². The van der Waals surface area contributed by atoms with Crippen LogP contribution in [0, 0.1) is 0 Å². The molecule has 27 heavy (non-hydrogen) atoms. The summed E-state index contributed by atoms with van der Waals surface area (Å²) in [5, 5.41) is 5.37. The van der Waals surface area contributed by atoms with Gasteiger partial charge in [0.05, 0.1) is 5.75 Å². The van der Waals surface area contributed by atoms with E-state index in [1.807, 2.05) is 36.4 Å². The fourth-order valence-corrected chi connectivity index (χ4v) is 4.19. The predicted octanol–water partition coefficient (Wildman–Crippen LogP) is 5.13. The highest BCUT2D eigenvalue weighted by molar-refractivity contribution is 8.00. The molecule has 0 aliphatic heterocycles. The number of carbonyl (C=O) groups excluding carboxylic acids is 1. The first-order valence-electron chi connectivity index (χ1n) is 8.95. The average Bonchev–Trinajstić information content (AvgIpc) is 3.00. The number of nitrogens with two attached hydrogens (primary N) is 1. The van der Waals surface area contributed by atoms with E-state index in [4.69, 9.17) is 5.73 Å². The van der Waals surface area contributed by atoms with Gasteiger partial charge in [0.25, 0.3) is 0 Å². The molecule has 4 rings (SSSR count). The number of carbonyl (C=O) groups is 1. The van der Waals surface area contributed by atoms with E-state index in [1.165, 1.54) is 28.2 Å². The van der Waals surface area contributed by atoms with Crippen LogP contribution < -0.4 is 11.1 Å². The summed E-state index contributed by atoms with van der Waals surface area (Å²) in [6, 6.07) is 22.1. The molecule has 0 spiro atoms. The normalized spacial score (nSPS) is 11.1. The van der Waals surface area contributed by atoms with E-state index in [1.54, 1.807) is 0 Å². The van der Waals surface area contributed by atoms with Crippen molar-refractivity contribution in [3.63, 3.8) is 0 Å². The molecule has 136 valence electrons. The molecule has 0 fully saturated rings. The SMILES string of the molecule is CCn1c2ccccc2c2cc(NC(=O)CSc3ccccc3N)ccc21. The molecule has 4 aromatic rings. The van der Waals surface area contributed by atoms with Crippen molar-refractivity contribution < 1.29 is 4.79 Å².